The van der Waals surface area contributed by atoms with Crippen molar-refractivity contribution in [3.8, 4) is 0 Å². The fourth-order valence-electron chi connectivity index (χ4n) is 2.77. The Morgan fingerprint density at radius 1 is 1.26 bits per heavy atom. The van der Waals surface area contributed by atoms with Gasteiger partial charge in [0.1, 0.15) is 11.3 Å². The van der Waals surface area contributed by atoms with Gasteiger partial charge in [-0.1, -0.05) is 25.5 Å². The Hall–Kier alpha value is -2.63. The van der Waals surface area contributed by atoms with E-state index in [-0.39, 0.29) is 5.56 Å². The van der Waals surface area contributed by atoms with Crippen LogP contribution < -0.4 is 10.9 Å². The van der Waals surface area contributed by atoms with Crippen LogP contribution in [0.5, 0.6) is 0 Å². The first kappa shape index (κ1) is 15.3. The summed E-state index contributed by atoms with van der Waals surface area (Å²) in [5.41, 5.74) is 4.19. The zero-order valence-corrected chi connectivity index (χ0v) is 13.7. The number of aromatic nitrogens is 4. The third-order valence-corrected chi connectivity index (χ3v) is 3.91. The quantitative estimate of drug-likeness (QED) is 0.758. The second kappa shape index (κ2) is 6.24. The molecule has 0 aliphatic rings. The number of anilines is 1. The number of rotatable bonds is 5. The summed E-state index contributed by atoms with van der Waals surface area (Å²) in [7, 11) is 3.67. The molecule has 3 aromatic rings. The van der Waals surface area contributed by atoms with Gasteiger partial charge in [0.05, 0.1) is 5.69 Å². The summed E-state index contributed by atoms with van der Waals surface area (Å²) >= 11 is 0. The molecule has 0 unspecified atom stereocenters. The first-order valence-corrected chi connectivity index (χ1v) is 7.83. The van der Waals surface area contributed by atoms with Crippen LogP contribution in [0.3, 0.4) is 0 Å². The summed E-state index contributed by atoms with van der Waals surface area (Å²) in [6, 6.07) is 8.09. The van der Waals surface area contributed by atoms with Crippen LogP contribution in [0.2, 0.25) is 0 Å². The first-order chi connectivity index (χ1) is 11.1. The predicted molar refractivity (Wildman–Crippen MR) is 91.9 cm³/mol. The number of aromatic amines is 1. The lowest BCUT2D eigenvalue weighted by molar-refractivity contribution is 0.750. The Kier molecular flexibility index (Phi) is 4.14. The van der Waals surface area contributed by atoms with Gasteiger partial charge in [-0.25, -0.2) is 4.98 Å². The fourth-order valence-corrected chi connectivity index (χ4v) is 2.77. The average Bonchev–Trinajstić information content (AvgIpc) is 2.85. The number of fused-ring (bicyclic) bond motifs is 1. The van der Waals surface area contributed by atoms with Crippen LogP contribution in [0.25, 0.3) is 11.0 Å². The van der Waals surface area contributed by atoms with Gasteiger partial charge in [0.15, 0.2) is 5.52 Å². The van der Waals surface area contributed by atoms with E-state index in [9.17, 15) is 4.79 Å². The van der Waals surface area contributed by atoms with E-state index in [4.69, 9.17) is 0 Å². The molecule has 120 valence electrons. The predicted octanol–water partition coefficient (Wildman–Crippen LogP) is 2.24. The molecular weight excluding hydrogens is 290 g/mol. The minimum Gasteiger partial charge on any atom is -0.388 e. The Labute approximate surface area is 134 Å². The van der Waals surface area contributed by atoms with Gasteiger partial charge in [-0.05, 0) is 24.1 Å². The summed E-state index contributed by atoms with van der Waals surface area (Å²) < 4.78 is 1.62. The molecule has 0 aliphatic carbocycles. The molecule has 0 saturated heterocycles. The molecule has 6 heteroatoms. The van der Waals surface area contributed by atoms with Crippen molar-refractivity contribution in [2.24, 2.45) is 7.05 Å². The highest BCUT2D eigenvalue weighted by molar-refractivity contribution is 5.76. The van der Waals surface area contributed by atoms with Crippen LogP contribution >= 0.6 is 0 Å². The van der Waals surface area contributed by atoms with Crippen molar-refractivity contribution >= 4 is 16.7 Å². The Bertz CT molecular complexity index is 876. The summed E-state index contributed by atoms with van der Waals surface area (Å²) in [5.74, 6) is 0.671. The van der Waals surface area contributed by atoms with E-state index in [0.717, 1.165) is 35.3 Å². The first-order valence-electron chi connectivity index (χ1n) is 7.83. The van der Waals surface area contributed by atoms with Gasteiger partial charge in [0, 0.05) is 26.2 Å². The maximum Gasteiger partial charge on any atom is 0.277 e. The SMILES string of the molecule is CCCc1nn(C)c2c(=O)[nH]c(Cc3ccc(NC)cc3)nc12. The fraction of sp³-hybridized carbons (Fsp3) is 0.353. The van der Waals surface area contributed by atoms with E-state index >= 15 is 0 Å². The second-order valence-electron chi connectivity index (χ2n) is 5.65. The van der Waals surface area contributed by atoms with Crippen LogP contribution in [0.4, 0.5) is 5.69 Å². The van der Waals surface area contributed by atoms with Crippen LogP contribution in [0.15, 0.2) is 29.1 Å². The normalized spacial score (nSPS) is 11.1. The minimum atomic E-state index is -0.130. The molecule has 0 atom stereocenters. The van der Waals surface area contributed by atoms with E-state index in [1.807, 2.05) is 31.3 Å². The molecule has 1 aromatic carbocycles. The molecule has 2 heterocycles. The largest absolute Gasteiger partial charge is 0.388 e. The van der Waals surface area contributed by atoms with Gasteiger partial charge in [0.25, 0.3) is 5.56 Å². The number of H-pyrrole nitrogens is 1. The van der Waals surface area contributed by atoms with Gasteiger partial charge >= 0.3 is 0 Å². The monoisotopic (exact) mass is 311 g/mol. The zero-order chi connectivity index (χ0) is 16.4. The van der Waals surface area contributed by atoms with Crippen molar-refractivity contribution in [3.05, 3.63) is 51.7 Å². The number of hydrogen-bond donors (Lipinski definition) is 2. The number of benzene rings is 1. The molecular formula is C17H21N5O. The highest BCUT2D eigenvalue weighted by Crippen LogP contribution is 2.16. The molecule has 0 aliphatic heterocycles. The third kappa shape index (κ3) is 2.97. The molecule has 0 saturated carbocycles. The smallest absolute Gasteiger partial charge is 0.277 e. The third-order valence-electron chi connectivity index (χ3n) is 3.91. The van der Waals surface area contributed by atoms with E-state index in [1.165, 1.54) is 0 Å². The van der Waals surface area contributed by atoms with Crippen molar-refractivity contribution in [1.82, 2.24) is 19.7 Å². The molecule has 3 rings (SSSR count). The van der Waals surface area contributed by atoms with Crippen LogP contribution in [-0.4, -0.2) is 26.8 Å². The number of aryl methyl sites for hydroxylation is 2. The molecule has 23 heavy (non-hydrogen) atoms. The number of nitrogens with one attached hydrogen (secondary N) is 2. The van der Waals surface area contributed by atoms with E-state index in [2.05, 4.69) is 27.3 Å². The molecule has 0 spiro atoms. The molecule has 2 N–H and O–H groups in total. The molecule has 0 amide bonds. The molecule has 0 radical (unpaired) electrons. The Morgan fingerprint density at radius 2 is 2.00 bits per heavy atom. The highest BCUT2D eigenvalue weighted by Gasteiger charge is 2.14. The summed E-state index contributed by atoms with van der Waals surface area (Å²) in [5, 5.41) is 7.53. The summed E-state index contributed by atoms with van der Waals surface area (Å²) in [6.07, 6.45) is 2.39. The second-order valence-corrected chi connectivity index (χ2v) is 5.65. The van der Waals surface area contributed by atoms with Gasteiger partial charge in [0.2, 0.25) is 0 Å². The maximum absolute atomic E-state index is 12.4. The molecule has 2 aromatic heterocycles. The van der Waals surface area contributed by atoms with Crippen LogP contribution in [0, 0.1) is 0 Å². The average molecular weight is 311 g/mol. The molecule has 0 bridgehead atoms. The minimum absolute atomic E-state index is 0.130. The topological polar surface area (TPSA) is 75.6 Å². The standard InChI is InChI=1S/C17H21N5O/c1-4-5-13-15-16(22(3)21-13)17(23)20-14(19-15)10-11-6-8-12(18-2)9-7-11/h6-9,18H,4-5,10H2,1-3H3,(H,19,20,23). The van der Waals surface area contributed by atoms with Crippen LogP contribution in [-0.2, 0) is 19.9 Å². The van der Waals surface area contributed by atoms with Gasteiger partial charge in [-0.2, -0.15) is 5.10 Å². The van der Waals surface area contributed by atoms with Crippen LogP contribution in [0.1, 0.15) is 30.4 Å². The zero-order valence-electron chi connectivity index (χ0n) is 13.7. The van der Waals surface area contributed by atoms with E-state index < -0.39 is 0 Å². The lowest BCUT2D eigenvalue weighted by Crippen LogP contribution is -2.14. The summed E-state index contributed by atoms with van der Waals surface area (Å²) in [4.78, 5) is 19.9. The van der Waals surface area contributed by atoms with Crippen molar-refractivity contribution < 1.29 is 0 Å². The van der Waals surface area contributed by atoms with Crippen molar-refractivity contribution in [2.45, 2.75) is 26.2 Å². The van der Waals surface area contributed by atoms with E-state index in [1.54, 1.807) is 11.7 Å². The molecule has 6 nitrogen and oxygen atoms in total. The Balaban J connectivity index is 2.00. The van der Waals surface area contributed by atoms with Gasteiger partial charge in [-0.3, -0.25) is 9.48 Å². The van der Waals surface area contributed by atoms with Gasteiger partial charge < -0.3 is 10.3 Å². The van der Waals surface area contributed by atoms with Crippen molar-refractivity contribution in [2.75, 3.05) is 12.4 Å². The lowest BCUT2D eigenvalue weighted by Gasteiger charge is -2.04. The van der Waals surface area contributed by atoms with E-state index in [0.29, 0.717) is 17.8 Å². The number of nitrogens with zero attached hydrogens (tertiary/aromatic N) is 3. The van der Waals surface area contributed by atoms with Crippen molar-refractivity contribution in [1.29, 1.82) is 0 Å². The van der Waals surface area contributed by atoms with Gasteiger partial charge in [-0.15, -0.1) is 0 Å². The highest BCUT2D eigenvalue weighted by atomic mass is 16.1. The molecule has 0 fully saturated rings. The summed E-state index contributed by atoms with van der Waals surface area (Å²) in [6.45, 7) is 2.10. The maximum atomic E-state index is 12.4. The van der Waals surface area contributed by atoms with Crippen molar-refractivity contribution in [3.63, 3.8) is 0 Å². The lowest BCUT2D eigenvalue weighted by atomic mass is 10.1. The number of hydrogen-bond acceptors (Lipinski definition) is 4. The Morgan fingerprint density at radius 3 is 2.65 bits per heavy atom.